The topological polar surface area (TPSA) is 43.8 Å². The fourth-order valence-corrected chi connectivity index (χ4v) is 3.48. The Morgan fingerprint density at radius 3 is 2.67 bits per heavy atom. The first kappa shape index (κ1) is 13.7. The van der Waals surface area contributed by atoms with E-state index in [0.29, 0.717) is 5.92 Å². The van der Waals surface area contributed by atoms with Crippen molar-refractivity contribution in [1.82, 2.24) is 9.80 Å². The van der Waals surface area contributed by atoms with Gasteiger partial charge >= 0.3 is 6.03 Å². The predicted molar refractivity (Wildman–Crippen MR) is 71.4 cm³/mol. The van der Waals surface area contributed by atoms with Crippen LogP contribution >= 0.6 is 0 Å². The van der Waals surface area contributed by atoms with Crippen molar-refractivity contribution < 1.29 is 9.90 Å². The molecule has 0 bridgehead atoms. The Hall–Kier alpha value is -0.770. The highest BCUT2D eigenvalue weighted by molar-refractivity contribution is 5.76. The Balaban J connectivity index is 2.06. The van der Waals surface area contributed by atoms with E-state index in [4.69, 9.17) is 0 Å². The second kappa shape index (κ2) is 5.91. The number of carbonyl (C=O) groups excluding carboxylic acids is 1. The Labute approximate surface area is 110 Å². The van der Waals surface area contributed by atoms with Crippen LogP contribution in [-0.2, 0) is 0 Å². The third-order valence-corrected chi connectivity index (χ3v) is 4.50. The fourth-order valence-electron chi connectivity index (χ4n) is 3.48. The third-order valence-electron chi connectivity index (χ3n) is 4.50. The number of aliphatic hydroxyl groups excluding tert-OH is 1. The van der Waals surface area contributed by atoms with Crippen LogP contribution in [0.4, 0.5) is 4.79 Å². The normalized spacial score (nSPS) is 33.3. The predicted octanol–water partition coefficient (Wildman–Crippen LogP) is 2.07. The van der Waals surface area contributed by atoms with E-state index in [1.165, 1.54) is 6.42 Å². The van der Waals surface area contributed by atoms with E-state index in [1.54, 1.807) is 0 Å². The van der Waals surface area contributed by atoms with Crippen LogP contribution in [0.5, 0.6) is 0 Å². The van der Waals surface area contributed by atoms with Gasteiger partial charge in [-0.1, -0.05) is 13.3 Å². The Morgan fingerprint density at radius 1 is 1.28 bits per heavy atom. The van der Waals surface area contributed by atoms with Gasteiger partial charge in [0.15, 0.2) is 0 Å². The lowest BCUT2D eigenvalue weighted by atomic mass is 9.79. The first-order valence-electron chi connectivity index (χ1n) is 7.41. The highest BCUT2D eigenvalue weighted by atomic mass is 16.3. The van der Waals surface area contributed by atoms with Crippen molar-refractivity contribution in [2.75, 3.05) is 19.6 Å². The molecule has 1 N–H and O–H groups in total. The van der Waals surface area contributed by atoms with Gasteiger partial charge in [-0.15, -0.1) is 0 Å². The number of rotatable bonds is 4. The van der Waals surface area contributed by atoms with Crippen LogP contribution < -0.4 is 0 Å². The first-order chi connectivity index (χ1) is 8.67. The number of nitrogens with zero attached hydrogens (tertiary/aromatic N) is 2. The molecule has 0 aromatic rings. The van der Waals surface area contributed by atoms with Gasteiger partial charge in [-0.3, -0.25) is 0 Å². The molecule has 1 aliphatic heterocycles. The molecule has 0 aromatic carbocycles. The Morgan fingerprint density at radius 2 is 2.06 bits per heavy atom. The molecule has 1 heterocycles. The second-order valence-electron chi connectivity index (χ2n) is 5.64. The van der Waals surface area contributed by atoms with Gasteiger partial charge in [0.2, 0.25) is 0 Å². The molecule has 18 heavy (non-hydrogen) atoms. The molecule has 3 atom stereocenters. The number of aliphatic hydroxyl groups is 1. The van der Waals surface area contributed by atoms with Gasteiger partial charge in [0, 0.05) is 25.7 Å². The monoisotopic (exact) mass is 254 g/mol. The van der Waals surface area contributed by atoms with Crippen LogP contribution in [0.3, 0.4) is 0 Å². The summed E-state index contributed by atoms with van der Waals surface area (Å²) in [4.78, 5) is 16.2. The number of urea groups is 1. The van der Waals surface area contributed by atoms with Crippen LogP contribution in [0.15, 0.2) is 0 Å². The van der Waals surface area contributed by atoms with Crippen molar-refractivity contribution in [2.24, 2.45) is 5.92 Å². The zero-order valence-corrected chi connectivity index (χ0v) is 11.6. The maximum absolute atomic E-state index is 12.3. The summed E-state index contributed by atoms with van der Waals surface area (Å²) in [6.07, 6.45) is 4.86. The largest absolute Gasteiger partial charge is 0.393 e. The van der Waals surface area contributed by atoms with Crippen LogP contribution in [0.25, 0.3) is 0 Å². The van der Waals surface area contributed by atoms with E-state index in [0.717, 1.165) is 45.3 Å². The summed E-state index contributed by atoms with van der Waals surface area (Å²) in [5.74, 6) is 0.583. The summed E-state index contributed by atoms with van der Waals surface area (Å²) >= 11 is 0. The minimum Gasteiger partial charge on any atom is -0.393 e. The van der Waals surface area contributed by atoms with Gasteiger partial charge in [-0.25, -0.2) is 4.79 Å². The molecule has 0 spiro atoms. The van der Waals surface area contributed by atoms with Gasteiger partial charge in [0.05, 0.1) is 6.10 Å². The molecule has 0 aromatic heterocycles. The van der Waals surface area contributed by atoms with E-state index in [1.807, 2.05) is 16.7 Å². The number of amides is 2. The summed E-state index contributed by atoms with van der Waals surface area (Å²) in [6, 6.07) is 0.440. The van der Waals surface area contributed by atoms with Crippen LogP contribution in [0.2, 0.25) is 0 Å². The summed E-state index contributed by atoms with van der Waals surface area (Å²) < 4.78 is 0. The minimum atomic E-state index is -0.216. The van der Waals surface area contributed by atoms with Gasteiger partial charge in [0.25, 0.3) is 0 Å². The van der Waals surface area contributed by atoms with E-state index < -0.39 is 0 Å². The van der Waals surface area contributed by atoms with E-state index >= 15 is 0 Å². The third kappa shape index (κ3) is 2.63. The summed E-state index contributed by atoms with van der Waals surface area (Å²) in [7, 11) is 0. The highest BCUT2D eigenvalue weighted by Crippen LogP contribution is 2.33. The van der Waals surface area contributed by atoms with E-state index in [-0.39, 0.29) is 18.2 Å². The molecular weight excluding hydrogens is 228 g/mol. The van der Waals surface area contributed by atoms with Gasteiger partial charge in [0.1, 0.15) is 0 Å². The molecule has 1 saturated heterocycles. The number of hydrogen-bond acceptors (Lipinski definition) is 2. The Bertz CT molecular complexity index is 296. The standard InChI is InChI=1S/C14H26N2O2/c1-3-5-11-6-7-12(17)10-13(11)16-9-8-15(4-2)14(16)18/h11-13,17H,3-10H2,1-2H3. The van der Waals surface area contributed by atoms with Crippen molar-refractivity contribution in [3.05, 3.63) is 0 Å². The minimum absolute atomic E-state index is 0.178. The zero-order chi connectivity index (χ0) is 13.1. The fraction of sp³-hybridized carbons (Fsp3) is 0.929. The van der Waals surface area contributed by atoms with Crippen molar-refractivity contribution in [3.8, 4) is 0 Å². The molecular formula is C14H26N2O2. The molecule has 3 unspecified atom stereocenters. The zero-order valence-electron chi connectivity index (χ0n) is 11.6. The van der Waals surface area contributed by atoms with E-state index in [9.17, 15) is 9.90 Å². The quantitative estimate of drug-likeness (QED) is 0.834. The first-order valence-corrected chi connectivity index (χ1v) is 7.41. The highest BCUT2D eigenvalue weighted by Gasteiger charge is 2.39. The molecule has 4 heteroatoms. The average Bonchev–Trinajstić information content (AvgIpc) is 2.73. The van der Waals surface area contributed by atoms with Crippen molar-refractivity contribution >= 4 is 6.03 Å². The molecule has 0 radical (unpaired) electrons. The summed E-state index contributed by atoms with van der Waals surface area (Å²) in [5.41, 5.74) is 0. The molecule has 2 aliphatic rings. The lowest BCUT2D eigenvalue weighted by Crippen LogP contribution is -2.47. The number of carbonyl (C=O) groups is 1. The van der Waals surface area contributed by atoms with Crippen molar-refractivity contribution in [2.45, 2.75) is 58.1 Å². The van der Waals surface area contributed by atoms with E-state index in [2.05, 4.69) is 6.92 Å². The lowest BCUT2D eigenvalue weighted by molar-refractivity contribution is 0.0447. The number of likely N-dealkylation sites (N-methyl/N-ethyl adjacent to an activating group) is 1. The maximum Gasteiger partial charge on any atom is 0.320 e. The molecule has 104 valence electrons. The van der Waals surface area contributed by atoms with Crippen molar-refractivity contribution in [3.63, 3.8) is 0 Å². The summed E-state index contributed by atoms with van der Waals surface area (Å²) in [6.45, 7) is 6.71. The van der Waals surface area contributed by atoms with Crippen LogP contribution in [0.1, 0.15) is 46.0 Å². The molecule has 2 rings (SSSR count). The second-order valence-corrected chi connectivity index (χ2v) is 5.64. The Kier molecular flexibility index (Phi) is 4.49. The number of hydrogen-bond donors (Lipinski definition) is 1. The molecule has 4 nitrogen and oxygen atoms in total. The lowest BCUT2D eigenvalue weighted by Gasteiger charge is -2.39. The molecule has 1 aliphatic carbocycles. The smallest absolute Gasteiger partial charge is 0.320 e. The van der Waals surface area contributed by atoms with Gasteiger partial charge in [-0.05, 0) is 38.5 Å². The SMILES string of the molecule is CCCC1CCC(O)CC1N1CCN(CC)C1=O. The van der Waals surface area contributed by atoms with Crippen LogP contribution in [0, 0.1) is 5.92 Å². The molecule has 1 saturated carbocycles. The average molecular weight is 254 g/mol. The summed E-state index contributed by atoms with van der Waals surface area (Å²) in [5, 5.41) is 9.88. The van der Waals surface area contributed by atoms with Crippen molar-refractivity contribution in [1.29, 1.82) is 0 Å². The molecule has 2 amide bonds. The van der Waals surface area contributed by atoms with Gasteiger partial charge in [-0.2, -0.15) is 0 Å². The maximum atomic E-state index is 12.3. The molecule has 2 fully saturated rings. The van der Waals surface area contributed by atoms with Crippen LogP contribution in [-0.4, -0.2) is 52.7 Å². The van der Waals surface area contributed by atoms with Gasteiger partial charge < -0.3 is 14.9 Å².